The minimum absolute atomic E-state index is 0.0365. The van der Waals surface area contributed by atoms with Gasteiger partial charge in [-0.3, -0.25) is 0 Å². The van der Waals surface area contributed by atoms with Gasteiger partial charge in [-0.05, 0) is 24.8 Å². The van der Waals surface area contributed by atoms with Crippen LogP contribution in [0.1, 0.15) is 40.0 Å². The molecule has 0 aromatic heterocycles. The van der Waals surface area contributed by atoms with E-state index in [2.05, 4.69) is 26.1 Å². The fraction of sp³-hybridized carbons (Fsp3) is 1.00. The van der Waals surface area contributed by atoms with E-state index in [1.807, 2.05) is 0 Å². The maximum Gasteiger partial charge on any atom is 0.0618 e. The number of nitrogens with one attached hydrogen (secondary N) is 1. The van der Waals surface area contributed by atoms with Crippen molar-refractivity contribution in [2.75, 3.05) is 13.2 Å². The van der Waals surface area contributed by atoms with Crippen LogP contribution in [0.4, 0.5) is 0 Å². The lowest BCUT2D eigenvalue weighted by molar-refractivity contribution is 0.0374. The summed E-state index contributed by atoms with van der Waals surface area (Å²) in [7, 11) is 0. The predicted molar refractivity (Wildman–Crippen MR) is 51.1 cm³/mol. The number of aliphatic hydroxyl groups is 1. The smallest absolute Gasteiger partial charge is 0.0618 e. The molecule has 0 spiro atoms. The number of piperidine rings is 1. The summed E-state index contributed by atoms with van der Waals surface area (Å²) >= 11 is 0. The lowest BCUT2D eigenvalue weighted by Crippen LogP contribution is -2.59. The summed E-state index contributed by atoms with van der Waals surface area (Å²) in [4.78, 5) is 0. The first-order valence-electron chi connectivity index (χ1n) is 4.88. The number of rotatable bonds is 1. The van der Waals surface area contributed by atoms with Crippen LogP contribution in [0.2, 0.25) is 0 Å². The molecular weight excluding hydrogens is 150 g/mol. The third kappa shape index (κ3) is 1.64. The second kappa shape index (κ2) is 3.35. The molecular formula is C10H21NO. The minimum atomic E-state index is -0.0365. The molecule has 2 N–H and O–H groups in total. The monoisotopic (exact) mass is 171 g/mol. The Bertz CT molecular complexity index is 142. The normalized spacial score (nSPS) is 32.0. The second-order valence-electron chi connectivity index (χ2n) is 4.87. The van der Waals surface area contributed by atoms with E-state index in [0.29, 0.717) is 0 Å². The van der Waals surface area contributed by atoms with E-state index < -0.39 is 0 Å². The Kier molecular flexibility index (Phi) is 2.79. The maximum absolute atomic E-state index is 9.41. The summed E-state index contributed by atoms with van der Waals surface area (Å²) in [6.07, 6.45) is 3.59. The first kappa shape index (κ1) is 10.0. The molecule has 0 bridgehead atoms. The lowest BCUT2D eigenvalue weighted by atomic mass is 9.70. The fourth-order valence-corrected chi connectivity index (χ4v) is 1.98. The lowest BCUT2D eigenvalue weighted by Gasteiger charge is -2.47. The van der Waals surface area contributed by atoms with Crippen LogP contribution in [0.15, 0.2) is 0 Å². The summed E-state index contributed by atoms with van der Waals surface area (Å²) in [5.41, 5.74) is 0.118. The van der Waals surface area contributed by atoms with Gasteiger partial charge in [0.25, 0.3) is 0 Å². The molecule has 0 amide bonds. The van der Waals surface area contributed by atoms with Gasteiger partial charge in [0.2, 0.25) is 0 Å². The van der Waals surface area contributed by atoms with E-state index in [1.165, 1.54) is 12.8 Å². The van der Waals surface area contributed by atoms with Gasteiger partial charge in [0, 0.05) is 5.54 Å². The van der Waals surface area contributed by atoms with Gasteiger partial charge in [-0.15, -0.1) is 0 Å². The van der Waals surface area contributed by atoms with E-state index in [-0.39, 0.29) is 17.6 Å². The predicted octanol–water partition coefficient (Wildman–Crippen LogP) is 1.54. The van der Waals surface area contributed by atoms with Crippen LogP contribution < -0.4 is 5.32 Å². The van der Waals surface area contributed by atoms with Crippen LogP contribution in [0.3, 0.4) is 0 Å². The molecule has 0 saturated carbocycles. The second-order valence-corrected chi connectivity index (χ2v) is 4.87. The highest BCUT2D eigenvalue weighted by Gasteiger charge is 2.41. The molecule has 1 atom stereocenters. The minimum Gasteiger partial charge on any atom is -0.394 e. The molecule has 1 aliphatic heterocycles. The molecule has 1 aliphatic rings. The van der Waals surface area contributed by atoms with Crippen molar-refractivity contribution in [1.29, 1.82) is 0 Å². The Morgan fingerprint density at radius 3 is 2.25 bits per heavy atom. The average Bonchev–Trinajstić information content (AvgIpc) is 2.04. The third-order valence-corrected chi connectivity index (χ3v) is 3.20. The molecule has 2 heteroatoms. The molecule has 0 aromatic rings. The first-order valence-corrected chi connectivity index (χ1v) is 4.88. The average molecular weight is 171 g/mol. The molecule has 1 heterocycles. The Labute approximate surface area is 75.4 Å². The first-order chi connectivity index (χ1) is 5.52. The van der Waals surface area contributed by atoms with Crippen LogP contribution in [-0.2, 0) is 0 Å². The number of aliphatic hydroxyl groups excluding tert-OH is 1. The van der Waals surface area contributed by atoms with Gasteiger partial charge < -0.3 is 10.4 Å². The zero-order valence-corrected chi connectivity index (χ0v) is 8.48. The van der Waals surface area contributed by atoms with E-state index in [4.69, 9.17) is 0 Å². The SMILES string of the molecule is CC(C)(C)C1(CO)CCCCN1. The molecule has 72 valence electrons. The molecule has 2 nitrogen and oxygen atoms in total. The fourth-order valence-electron chi connectivity index (χ4n) is 1.98. The van der Waals surface area contributed by atoms with Crippen LogP contribution in [0.5, 0.6) is 0 Å². The van der Waals surface area contributed by atoms with Crippen molar-refractivity contribution < 1.29 is 5.11 Å². The van der Waals surface area contributed by atoms with Crippen LogP contribution in [-0.4, -0.2) is 23.8 Å². The highest BCUT2D eigenvalue weighted by Crippen LogP contribution is 2.36. The quantitative estimate of drug-likeness (QED) is 0.627. The number of hydrogen-bond acceptors (Lipinski definition) is 2. The van der Waals surface area contributed by atoms with Crippen molar-refractivity contribution in [3.63, 3.8) is 0 Å². The van der Waals surface area contributed by atoms with Gasteiger partial charge in [-0.25, -0.2) is 0 Å². The highest BCUT2D eigenvalue weighted by atomic mass is 16.3. The summed E-state index contributed by atoms with van der Waals surface area (Å²) < 4.78 is 0. The van der Waals surface area contributed by atoms with Crippen LogP contribution in [0, 0.1) is 5.41 Å². The third-order valence-electron chi connectivity index (χ3n) is 3.20. The van der Waals surface area contributed by atoms with Gasteiger partial charge in [-0.1, -0.05) is 27.2 Å². The van der Waals surface area contributed by atoms with Crippen LogP contribution in [0.25, 0.3) is 0 Å². The molecule has 1 unspecified atom stereocenters. The Morgan fingerprint density at radius 1 is 1.33 bits per heavy atom. The van der Waals surface area contributed by atoms with Crippen LogP contribution >= 0.6 is 0 Å². The van der Waals surface area contributed by atoms with Crippen molar-refractivity contribution in [2.24, 2.45) is 5.41 Å². The summed E-state index contributed by atoms with van der Waals surface area (Å²) in [6, 6.07) is 0. The highest BCUT2D eigenvalue weighted by molar-refractivity contribution is 4.99. The Morgan fingerprint density at radius 2 is 2.00 bits per heavy atom. The van der Waals surface area contributed by atoms with Crippen molar-refractivity contribution in [3.8, 4) is 0 Å². The van der Waals surface area contributed by atoms with Crippen molar-refractivity contribution >= 4 is 0 Å². The van der Waals surface area contributed by atoms with Gasteiger partial charge in [0.15, 0.2) is 0 Å². The number of hydrogen-bond donors (Lipinski definition) is 2. The Balaban J connectivity index is 2.73. The van der Waals surface area contributed by atoms with E-state index in [1.54, 1.807) is 0 Å². The molecule has 0 aromatic carbocycles. The zero-order chi connectivity index (χ0) is 9.24. The maximum atomic E-state index is 9.41. The van der Waals surface area contributed by atoms with Crippen molar-refractivity contribution in [2.45, 2.75) is 45.6 Å². The summed E-state index contributed by atoms with van der Waals surface area (Å²) in [5, 5.41) is 12.9. The molecule has 0 radical (unpaired) electrons. The molecule has 0 aliphatic carbocycles. The van der Waals surface area contributed by atoms with E-state index in [9.17, 15) is 5.11 Å². The van der Waals surface area contributed by atoms with Gasteiger partial charge >= 0.3 is 0 Å². The summed E-state index contributed by atoms with van der Waals surface area (Å²) in [6.45, 7) is 7.90. The van der Waals surface area contributed by atoms with Crippen molar-refractivity contribution in [3.05, 3.63) is 0 Å². The largest absolute Gasteiger partial charge is 0.394 e. The molecule has 1 saturated heterocycles. The van der Waals surface area contributed by atoms with Crippen molar-refractivity contribution in [1.82, 2.24) is 5.32 Å². The topological polar surface area (TPSA) is 32.3 Å². The molecule has 1 fully saturated rings. The van der Waals surface area contributed by atoms with Gasteiger partial charge in [-0.2, -0.15) is 0 Å². The van der Waals surface area contributed by atoms with E-state index >= 15 is 0 Å². The standard InChI is InChI=1S/C10H21NO/c1-9(2,3)10(8-12)6-4-5-7-11-10/h11-12H,4-8H2,1-3H3. The molecule has 12 heavy (non-hydrogen) atoms. The van der Waals surface area contributed by atoms with Gasteiger partial charge in [0.1, 0.15) is 0 Å². The summed E-state index contributed by atoms with van der Waals surface area (Å²) in [5.74, 6) is 0. The zero-order valence-electron chi connectivity index (χ0n) is 8.48. The Hall–Kier alpha value is -0.0800. The van der Waals surface area contributed by atoms with Gasteiger partial charge in [0.05, 0.1) is 6.61 Å². The molecule has 1 rings (SSSR count). The van der Waals surface area contributed by atoms with E-state index in [0.717, 1.165) is 13.0 Å².